The smallest absolute Gasteiger partial charge is 0.152 e. The summed E-state index contributed by atoms with van der Waals surface area (Å²) >= 11 is 9.53. The normalized spacial score (nSPS) is 11.6. The molecule has 0 fully saturated rings. The molecule has 0 aliphatic rings. The summed E-state index contributed by atoms with van der Waals surface area (Å²) in [6.07, 6.45) is 1.76. The molecular weight excluding hydrogens is 289 g/mol. The van der Waals surface area contributed by atoms with Crippen LogP contribution >= 0.6 is 27.5 Å². The number of halogens is 2. The second-order valence-electron chi connectivity index (χ2n) is 4.06. The van der Waals surface area contributed by atoms with Crippen molar-refractivity contribution in [3.63, 3.8) is 0 Å². The summed E-state index contributed by atoms with van der Waals surface area (Å²) in [7, 11) is 0. The molecule has 2 rings (SSSR count). The Bertz CT molecular complexity index is 507. The third-order valence-electron chi connectivity index (χ3n) is 2.37. The van der Waals surface area contributed by atoms with Crippen molar-refractivity contribution in [2.45, 2.75) is 26.4 Å². The van der Waals surface area contributed by atoms with E-state index in [4.69, 9.17) is 16.0 Å². The van der Waals surface area contributed by atoms with Gasteiger partial charge in [0, 0.05) is 28.0 Å². The first-order valence-corrected chi connectivity index (χ1v) is 6.33. The lowest BCUT2D eigenvalue weighted by Crippen LogP contribution is -2.21. The summed E-state index contributed by atoms with van der Waals surface area (Å²) in [6.45, 7) is 5.02. The Morgan fingerprint density at radius 2 is 2.19 bits per heavy atom. The SMILES string of the molecule is CC(C)NCc1coc2c(Cl)cc(Br)cc12. The lowest BCUT2D eigenvalue weighted by atomic mass is 10.1. The molecule has 0 bridgehead atoms. The molecule has 0 atom stereocenters. The monoisotopic (exact) mass is 301 g/mol. The minimum absolute atomic E-state index is 0.451. The highest BCUT2D eigenvalue weighted by molar-refractivity contribution is 9.10. The van der Waals surface area contributed by atoms with Gasteiger partial charge in [0.05, 0.1) is 11.3 Å². The van der Waals surface area contributed by atoms with Crippen LogP contribution in [0.1, 0.15) is 19.4 Å². The van der Waals surface area contributed by atoms with Gasteiger partial charge in [-0.15, -0.1) is 0 Å². The number of rotatable bonds is 3. The summed E-state index contributed by atoms with van der Waals surface area (Å²) < 4.78 is 6.44. The molecular formula is C12H13BrClNO. The van der Waals surface area contributed by atoms with E-state index in [1.54, 1.807) is 6.26 Å². The second-order valence-corrected chi connectivity index (χ2v) is 5.38. The van der Waals surface area contributed by atoms with Gasteiger partial charge in [-0.05, 0) is 12.1 Å². The molecule has 1 heterocycles. The van der Waals surface area contributed by atoms with E-state index >= 15 is 0 Å². The van der Waals surface area contributed by atoms with E-state index in [0.717, 1.165) is 27.6 Å². The van der Waals surface area contributed by atoms with Gasteiger partial charge in [0.1, 0.15) is 0 Å². The van der Waals surface area contributed by atoms with Crippen molar-refractivity contribution in [1.82, 2.24) is 5.32 Å². The minimum Gasteiger partial charge on any atom is -0.462 e. The number of benzene rings is 1. The van der Waals surface area contributed by atoms with Crippen molar-refractivity contribution in [2.75, 3.05) is 0 Å². The Kier molecular flexibility index (Phi) is 3.57. The van der Waals surface area contributed by atoms with Gasteiger partial charge in [-0.2, -0.15) is 0 Å². The molecule has 0 radical (unpaired) electrons. The first-order valence-electron chi connectivity index (χ1n) is 5.16. The van der Waals surface area contributed by atoms with Crippen LogP contribution in [0.5, 0.6) is 0 Å². The topological polar surface area (TPSA) is 25.2 Å². The van der Waals surface area contributed by atoms with Crippen molar-refractivity contribution >= 4 is 38.5 Å². The predicted octanol–water partition coefficient (Wildman–Crippen LogP) is 4.35. The van der Waals surface area contributed by atoms with Gasteiger partial charge in [0.2, 0.25) is 0 Å². The zero-order valence-corrected chi connectivity index (χ0v) is 11.5. The van der Waals surface area contributed by atoms with Crippen LogP contribution in [0.15, 0.2) is 27.3 Å². The Labute approximate surface area is 108 Å². The van der Waals surface area contributed by atoms with E-state index in [1.807, 2.05) is 12.1 Å². The van der Waals surface area contributed by atoms with Crippen molar-refractivity contribution in [3.8, 4) is 0 Å². The molecule has 16 heavy (non-hydrogen) atoms. The summed E-state index contributed by atoms with van der Waals surface area (Å²) in [5, 5.41) is 5.06. The first-order chi connectivity index (χ1) is 7.58. The van der Waals surface area contributed by atoms with Crippen LogP contribution in [0.2, 0.25) is 5.02 Å². The fraction of sp³-hybridized carbons (Fsp3) is 0.333. The van der Waals surface area contributed by atoms with Crippen molar-refractivity contribution in [3.05, 3.63) is 33.5 Å². The Balaban J connectivity index is 2.40. The summed E-state index contributed by atoms with van der Waals surface area (Å²) in [5.74, 6) is 0. The first kappa shape index (κ1) is 12.0. The Morgan fingerprint density at radius 1 is 1.44 bits per heavy atom. The molecule has 0 unspecified atom stereocenters. The van der Waals surface area contributed by atoms with Crippen LogP contribution < -0.4 is 5.32 Å². The lowest BCUT2D eigenvalue weighted by Gasteiger charge is -2.06. The van der Waals surface area contributed by atoms with Gasteiger partial charge in [0.25, 0.3) is 0 Å². The number of nitrogens with one attached hydrogen (secondary N) is 1. The minimum atomic E-state index is 0.451. The Morgan fingerprint density at radius 3 is 2.88 bits per heavy atom. The van der Waals surface area contributed by atoms with Gasteiger partial charge in [0.15, 0.2) is 5.58 Å². The third-order valence-corrected chi connectivity index (χ3v) is 3.11. The molecule has 86 valence electrons. The lowest BCUT2D eigenvalue weighted by molar-refractivity contribution is 0.572. The molecule has 1 aromatic heterocycles. The van der Waals surface area contributed by atoms with Crippen LogP contribution in [0.25, 0.3) is 11.0 Å². The van der Waals surface area contributed by atoms with Crippen molar-refractivity contribution in [2.24, 2.45) is 0 Å². The molecule has 1 aromatic carbocycles. The number of furan rings is 1. The fourth-order valence-corrected chi connectivity index (χ4v) is 2.42. The molecule has 0 amide bonds. The third kappa shape index (κ3) is 2.42. The van der Waals surface area contributed by atoms with Crippen LogP contribution in [0.4, 0.5) is 0 Å². The van der Waals surface area contributed by atoms with E-state index in [2.05, 4.69) is 35.1 Å². The number of hydrogen-bond donors (Lipinski definition) is 1. The maximum absolute atomic E-state index is 6.09. The predicted molar refractivity (Wildman–Crippen MR) is 70.9 cm³/mol. The molecule has 0 spiro atoms. The number of fused-ring (bicyclic) bond motifs is 1. The number of hydrogen-bond acceptors (Lipinski definition) is 2. The fourth-order valence-electron chi connectivity index (χ4n) is 1.56. The van der Waals surface area contributed by atoms with E-state index < -0.39 is 0 Å². The maximum Gasteiger partial charge on any atom is 0.152 e. The quantitative estimate of drug-likeness (QED) is 0.912. The average molecular weight is 303 g/mol. The van der Waals surface area contributed by atoms with E-state index in [9.17, 15) is 0 Å². The van der Waals surface area contributed by atoms with Gasteiger partial charge in [-0.3, -0.25) is 0 Å². The molecule has 4 heteroatoms. The second kappa shape index (κ2) is 4.78. The maximum atomic E-state index is 6.09. The largest absolute Gasteiger partial charge is 0.462 e. The van der Waals surface area contributed by atoms with E-state index in [0.29, 0.717) is 11.1 Å². The van der Waals surface area contributed by atoms with Gasteiger partial charge >= 0.3 is 0 Å². The highest BCUT2D eigenvalue weighted by Crippen LogP contribution is 2.31. The van der Waals surface area contributed by atoms with Crippen molar-refractivity contribution < 1.29 is 4.42 Å². The highest BCUT2D eigenvalue weighted by atomic mass is 79.9. The average Bonchev–Trinajstić information content (AvgIpc) is 2.58. The van der Waals surface area contributed by atoms with Crippen LogP contribution in [-0.2, 0) is 6.54 Å². The molecule has 0 saturated heterocycles. The zero-order chi connectivity index (χ0) is 11.7. The molecule has 0 saturated carbocycles. The van der Waals surface area contributed by atoms with Gasteiger partial charge < -0.3 is 9.73 Å². The Hall–Kier alpha value is -0.510. The van der Waals surface area contributed by atoms with Crippen LogP contribution in [-0.4, -0.2) is 6.04 Å². The summed E-state index contributed by atoms with van der Waals surface area (Å²) in [5.41, 5.74) is 1.89. The van der Waals surface area contributed by atoms with Crippen molar-refractivity contribution in [1.29, 1.82) is 0 Å². The summed E-state index contributed by atoms with van der Waals surface area (Å²) in [6, 6.07) is 4.32. The molecule has 0 aliphatic heterocycles. The molecule has 1 N–H and O–H groups in total. The van der Waals surface area contributed by atoms with E-state index in [1.165, 1.54) is 0 Å². The van der Waals surface area contributed by atoms with Gasteiger partial charge in [-0.1, -0.05) is 41.4 Å². The van der Waals surface area contributed by atoms with Crippen LogP contribution in [0, 0.1) is 0 Å². The summed E-state index contributed by atoms with van der Waals surface area (Å²) in [4.78, 5) is 0. The zero-order valence-electron chi connectivity index (χ0n) is 9.18. The molecule has 2 nitrogen and oxygen atoms in total. The van der Waals surface area contributed by atoms with Gasteiger partial charge in [-0.25, -0.2) is 0 Å². The molecule has 0 aliphatic carbocycles. The standard InChI is InChI=1S/C12H13BrClNO/c1-7(2)15-5-8-6-16-12-10(8)3-9(13)4-11(12)14/h3-4,6-7,15H,5H2,1-2H3. The highest BCUT2D eigenvalue weighted by Gasteiger charge is 2.10. The van der Waals surface area contributed by atoms with E-state index in [-0.39, 0.29) is 0 Å². The van der Waals surface area contributed by atoms with Crippen LogP contribution in [0.3, 0.4) is 0 Å². The molecule has 2 aromatic rings.